The second-order valence-electron chi connectivity index (χ2n) is 2.20. The lowest BCUT2D eigenvalue weighted by molar-refractivity contribution is -0.120. The van der Waals surface area contributed by atoms with Gasteiger partial charge < -0.3 is 4.74 Å². The number of carbonyl (C=O) groups is 1. The van der Waals surface area contributed by atoms with Gasteiger partial charge in [0.1, 0.15) is 5.75 Å². The number of fused-ring (bicyclic) bond motifs is 1. The first-order valence-electron chi connectivity index (χ1n) is 3.34. The molecule has 0 unspecified atom stereocenters. The summed E-state index contributed by atoms with van der Waals surface area (Å²) >= 11 is 1.52. The minimum absolute atomic E-state index is 0.419. The third kappa shape index (κ3) is 1.16. The second kappa shape index (κ2) is 2.91. The minimum atomic E-state index is 0.419. The lowest BCUT2D eigenvalue weighted by Crippen LogP contribution is -1.86. The molecule has 0 saturated carbocycles. The van der Waals surface area contributed by atoms with Gasteiger partial charge >= 0.3 is 0 Å². The fourth-order valence-electron chi connectivity index (χ4n) is 0.964. The quantitative estimate of drug-likeness (QED) is 0.660. The standard InChI is InChI=1S/C8H5NO2S/c10-5-11-6-1-2-7-8(3-6)12-4-9-7/h1-5H. The summed E-state index contributed by atoms with van der Waals surface area (Å²) in [6.07, 6.45) is 0. The van der Waals surface area contributed by atoms with Crippen LogP contribution in [0.25, 0.3) is 10.2 Å². The molecule has 12 heavy (non-hydrogen) atoms. The van der Waals surface area contributed by atoms with Gasteiger partial charge in [-0.25, -0.2) is 4.98 Å². The van der Waals surface area contributed by atoms with Crippen LogP contribution in [0.5, 0.6) is 5.75 Å². The molecule has 1 heterocycles. The minimum Gasteiger partial charge on any atom is -0.429 e. The van der Waals surface area contributed by atoms with Crippen LogP contribution in [-0.2, 0) is 4.79 Å². The number of ether oxygens (including phenoxy) is 1. The summed E-state index contributed by atoms with van der Waals surface area (Å²) in [6.45, 7) is 0.419. The molecule has 1 aromatic carbocycles. The van der Waals surface area contributed by atoms with Gasteiger partial charge in [0.2, 0.25) is 0 Å². The van der Waals surface area contributed by atoms with Gasteiger partial charge in [-0.1, -0.05) is 0 Å². The number of nitrogens with zero attached hydrogens (tertiary/aromatic N) is 1. The fourth-order valence-corrected chi connectivity index (χ4v) is 1.67. The van der Waals surface area contributed by atoms with Crippen LogP contribution in [0.3, 0.4) is 0 Å². The summed E-state index contributed by atoms with van der Waals surface area (Å²) in [5.74, 6) is 0.557. The second-order valence-corrected chi connectivity index (χ2v) is 3.08. The zero-order chi connectivity index (χ0) is 8.39. The first-order valence-corrected chi connectivity index (χ1v) is 4.21. The van der Waals surface area contributed by atoms with Crippen molar-refractivity contribution in [2.75, 3.05) is 0 Å². The highest BCUT2D eigenvalue weighted by Gasteiger charge is 1.98. The van der Waals surface area contributed by atoms with E-state index in [0.717, 1.165) is 10.2 Å². The van der Waals surface area contributed by atoms with Crippen molar-refractivity contribution in [1.82, 2.24) is 4.98 Å². The molecule has 60 valence electrons. The van der Waals surface area contributed by atoms with Gasteiger partial charge in [0.15, 0.2) is 0 Å². The topological polar surface area (TPSA) is 39.2 Å². The normalized spacial score (nSPS) is 10.0. The molecule has 3 nitrogen and oxygen atoms in total. The molecule has 1 aromatic heterocycles. The van der Waals surface area contributed by atoms with Gasteiger partial charge in [0.25, 0.3) is 6.47 Å². The first kappa shape index (κ1) is 7.24. The van der Waals surface area contributed by atoms with Crippen molar-refractivity contribution in [2.24, 2.45) is 0 Å². The maximum atomic E-state index is 10.0. The molecule has 0 aliphatic heterocycles. The van der Waals surface area contributed by atoms with Crippen LogP contribution in [-0.4, -0.2) is 11.5 Å². The summed E-state index contributed by atoms with van der Waals surface area (Å²) < 4.78 is 5.70. The maximum Gasteiger partial charge on any atom is 0.298 e. The number of hydrogen-bond acceptors (Lipinski definition) is 4. The zero-order valence-corrected chi connectivity index (χ0v) is 6.88. The summed E-state index contributed by atoms with van der Waals surface area (Å²) in [5, 5.41) is 0. The van der Waals surface area contributed by atoms with Crippen LogP contribution in [0.15, 0.2) is 23.7 Å². The Labute approximate surface area is 72.6 Å². The van der Waals surface area contributed by atoms with E-state index in [9.17, 15) is 4.79 Å². The van der Waals surface area contributed by atoms with Crippen LogP contribution in [0.1, 0.15) is 0 Å². The SMILES string of the molecule is O=COc1ccc2ncsc2c1. The molecule has 0 aliphatic rings. The summed E-state index contributed by atoms with van der Waals surface area (Å²) in [4.78, 5) is 14.1. The van der Waals surface area contributed by atoms with E-state index in [1.165, 1.54) is 11.3 Å². The lowest BCUT2D eigenvalue weighted by atomic mass is 10.3. The van der Waals surface area contributed by atoms with E-state index >= 15 is 0 Å². The predicted molar refractivity (Wildman–Crippen MR) is 46.3 cm³/mol. The van der Waals surface area contributed by atoms with Gasteiger partial charge in [-0.3, -0.25) is 4.79 Å². The Morgan fingerprint density at radius 2 is 2.42 bits per heavy atom. The number of aromatic nitrogens is 1. The Balaban J connectivity index is 2.52. The summed E-state index contributed by atoms with van der Waals surface area (Å²) in [7, 11) is 0. The van der Waals surface area contributed by atoms with E-state index < -0.39 is 0 Å². The van der Waals surface area contributed by atoms with E-state index in [4.69, 9.17) is 0 Å². The third-order valence-electron chi connectivity index (χ3n) is 1.49. The fraction of sp³-hybridized carbons (Fsp3) is 0. The summed E-state index contributed by atoms with van der Waals surface area (Å²) in [6, 6.07) is 5.34. The maximum absolute atomic E-state index is 10.0. The van der Waals surface area contributed by atoms with Crippen LogP contribution in [0.2, 0.25) is 0 Å². The molecule has 4 heteroatoms. The average molecular weight is 179 g/mol. The van der Waals surface area contributed by atoms with Crippen LogP contribution in [0.4, 0.5) is 0 Å². The van der Waals surface area contributed by atoms with Crippen molar-refractivity contribution in [1.29, 1.82) is 0 Å². The van der Waals surface area contributed by atoms with Crippen LogP contribution >= 0.6 is 11.3 Å². The van der Waals surface area contributed by atoms with E-state index in [2.05, 4.69) is 9.72 Å². The number of thiazole rings is 1. The Morgan fingerprint density at radius 1 is 1.50 bits per heavy atom. The molecule has 0 aliphatic carbocycles. The predicted octanol–water partition coefficient (Wildman–Crippen LogP) is 1.83. The van der Waals surface area contributed by atoms with E-state index in [0.29, 0.717) is 12.2 Å². The molecule has 0 fully saturated rings. The smallest absolute Gasteiger partial charge is 0.298 e. The van der Waals surface area contributed by atoms with Gasteiger partial charge in [-0.05, 0) is 12.1 Å². The van der Waals surface area contributed by atoms with Crippen molar-refractivity contribution >= 4 is 28.0 Å². The Morgan fingerprint density at radius 3 is 3.25 bits per heavy atom. The molecule has 2 aromatic rings. The Bertz CT molecular complexity index is 410. The third-order valence-corrected chi connectivity index (χ3v) is 2.28. The number of carbonyl (C=O) groups excluding carboxylic acids is 1. The van der Waals surface area contributed by atoms with Crippen molar-refractivity contribution in [2.45, 2.75) is 0 Å². The van der Waals surface area contributed by atoms with Crippen molar-refractivity contribution in [3.63, 3.8) is 0 Å². The van der Waals surface area contributed by atoms with E-state index in [1.54, 1.807) is 17.6 Å². The highest BCUT2D eigenvalue weighted by atomic mass is 32.1. The van der Waals surface area contributed by atoms with Crippen LogP contribution in [0, 0.1) is 0 Å². The average Bonchev–Trinajstić information content (AvgIpc) is 2.51. The molecule has 0 amide bonds. The molecule has 0 bridgehead atoms. The lowest BCUT2D eigenvalue weighted by Gasteiger charge is -1.94. The van der Waals surface area contributed by atoms with Crippen LogP contribution < -0.4 is 4.74 Å². The molecule has 0 spiro atoms. The molecule has 2 rings (SSSR count). The number of benzene rings is 1. The first-order chi connectivity index (χ1) is 5.90. The molecule has 0 atom stereocenters. The molecular weight excluding hydrogens is 174 g/mol. The highest BCUT2D eigenvalue weighted by molar-refractivity contribution is 7.16. The number of hydrogen-bond donors (Lipinski definition) is 0. The Hall–Kier alpha value is -1.42. The zero-order valence-electron chi connectivity index (χ0n) is 6.06. The summed E-state index contributed by atoms with van der Waals surface area (Å²) in [5.41, 5.74) is 2.69. The van der Waals surface area contributed by atoms with Gasteiger partial charge in [0, 0.05) is 6.07 Å². The Kier molecular flexibility index (Phi) is 1.75. The highest BCUT2D eigenvalue weighted by Crippen LogP contribution is 2.22. The molecular formula is C8H5NO2S. The van der Waals surface area contributed by atoms with Crippen molar-refractivity contribution in [3.05, 3.63) is 23.7 Å². The van der Waals surface area contributed by atoms with Gasteiger partial charge in [-0.15, -0.1) is 11.3 Å². The van der Waals surface area contributed by atoms with Crippen molar-refractivity contribution < 1.29 is 9.53 Å². The van der Waals surface area contributed by atoms with Gasteiger partial charge in [-0.2, -0.15) is 0 Å². The van der Waals surface area contributed by atoms with E-state index in [-0.39, 0.29) is 0 Å². The van der Waals surface area contributed by atoms with Crippen molar-refractivity contribution in [3.8, 4) is 5.75 Å². The number of rotatable bonds is 2. The van der Waals surface area contributed by atoms with Gasteiger partial charge in [0.05, 0.1) is 15.7 Å². The largest absolute Gasteiger partial charge is 0.429 e. The molecule has 0 radical (unpaired) electrons. The molecule has 0 saturated heterocycles. The van der Waals surface area contributed by atoms with E-state index in [1.807, 2.05) is 6.07 Å². The monoisotopic (exact) mass is 179 g/mol. The molecule has 0 N–H and O–H groups in total.